The largest absolute Gasteiger partial charge is 0.478 e. The van der Waals surface area contributed by atoms with Gasteiger partial charge >= 0.3 is 5.97 Å². The molecule has 1 atom stereocenters. The first kappa shape index (κ1) is 15.1. The molecule has 0 spiro atoms. The zero-order chi connectivity index (χ0) is 13.5. The van der Waals surface area contributed by atoms with E-state index < -0.39 is 12.1 Å². The van der Waals surface area contributed by atoms with Crippen molar-refractivity contribution in [2.45, 2.75) is 12.6 Å². The van der Waals surface area contributed by atoms with Crippen LogP contribution in [-0.4, -0.2) is 42.5 Å². The molecule has 0 aliphatic carbocycles. The molecule has 0 heterocycles. The number of hydrogen-bond donors (Lipinski definition) is 3. The predicted molar refractivity (Wildman–Crippen MR) is 70.7 cm³/mol. The third-order valence-corrected chi connectivity index (χ3v) is 3.09. The Morgan fingerprint density at radius 1 is 1.56 bits per heavy atom. The molecule has 0 saturated heterocycles. The summed E-state index contributed by atoms with van der Waals surface area (Å²) in [6, 6.07) is 4.85. The zero-order valence-electron chi connectivity index (χ0n) is 10.0. The molecule has 6 heteroatoms. The van der Waals surface area contributed by atoms with Gasteiger partial charge in [0.15, 0.2) is 0 Å². The minimum Gasteiger partial charge on any atom is -0.478 e. The maximum Gasteiger partial charge on any atom is 0.335 e. The lowest BCUT2D eigenvalue weighted by atomic mass is 10.1. The maximum atomic E-state index is 10.8. The summed E-state index contributed by atoms with van der Waals surface area (Å²) in [7, 11) is 1.53. The molecule has 0 aromatic heterocycles. The standard InChI is InChI=1S/C12H16BrNO4/c1-18-7-10(15)6-14-5-9-3-2-8(12(16)17)4-11(9)13/h2-4,10,14-15H,5-7H2,1H3,(H,16,17)/t10-/m1/s1. The number of ether oxygens (including phenoxy) is 1. The van der Waals surface area contributed by atoms with E-state index in [1.54, 1.807) is 18.2 Å². The van der Waals surface area contributed by atoms with Crippen LogP contribution in [0.5, 0.6) is 0 Å². The van der Waals surface area contributed by atoms with Crippen molar-refractivity contribution in [1.29, 1.82) is 0 Å². The topological polar surface area (TPSA) is 78.8 Å². The van der Waals surface area contributed by atoms with Gasteiger partial charge in [-0.3, -0.25) is 0 Å². The Morgan fingerprint density at radius 2 is 2.28 bits per heavy atom. The van der Waals surface area contributed by atoms with Crippen molar-refractivity contribution >= 4 is 21.9 Å². The van der Waals surface area contributed by atoms with Crippen LogP contribution >= 0.6 is 15.9 Å². The lowest BCUT2D eigenvalue weighted by Crippen LogP contribution is -2.29. The normalized spacial score (nSPS) is 12.4. The van der Waals surface area contributed by atoms with E-state index in [0.29, 0.717) is 13.1 Å². The van der Waals surface area contributed by atoms with Crippen molar-refractivity contribution in [3.8, 4) is 0 Å². The van der Waals surface area contributed by atoms with Crippen molar-refractivity contribution in [3.05, 3.63) is 33.8 Å². The molecule has 0 aliphatic heterocycles. The summed E-state index contributed by atoms with van der Waals surface area (Å²) in [5, 5.41) is 21.3. The van der Waals surface area contributed by atoms with E-state index in [2.05, 4.69) is 21.2 Å². The second-order valence-corrected chi connectivity index (χ2v) is 4.71. The van der Waals surface area contributed by atoms with Gasteiger partial charge in [-0.05, 0) is 17.7 Å². The van der Waals surface area contributed by atoms with Crippen LogP contribution in [0.25, 0.3) is 0 Å². The third kappa shape index (κ3) is 4.73. The Morgan fingerprint density at radius 3 is 2.83 bits per heavy atom. The lowest BCUT2D eigenvalue weighted by molar-refractivity contribution is 0.0644. The Balaban J connectivity index is 2.50. The zero-order valence-corrected chi connectivity index (χ0v) is 11.6. The van der Waals surface area contributed by atoms with Crippen molar-refractivity contribution in [1.82, 2.24) is 5.32 Å². The Kier molecular flexibility index (Phi) is 6.28. The lowest BCUT2D eigenvalue weighted by Gasteiger charge is -2.11. The van der Waals surface area contributed by atoms with Crippen LogP contribution in [0.4, 0.5) is 0 Å². The maximum absolute atomic E-state index is 10.8. The van der Waals surface area contributed by atoms with E-state index in [4.69, 9.17) is 9.84 Å². The molecule has 0 saturated carbocycles. The van der Waals surface area contributed by atoms with Gasteiger partial charge in [0.2, 0.25) is 0 Å². The van der Waals surface area contributed by atoms with Gasteiger partial charge < -0.3 is 20.3 Å². The number of benzene rings is 1. The number of aliphatic hydroxyl groups is 1. The number of aromatic carboxylic acids is 1. The highest BCUT2D eigenvalue weighted by Gasteiger charge is 2.07. The number of methoxy groups -OCH3 is 1. The first-order chi connectivity index (χ1) is 8.54. The van der Waals surface area contributed by atoms with E-state index >= 15 is 0 Å². The van der Waals surface area contributed by atoms with Crippen LogP contribution in [0.1, 0.15) is 15.9 Å². The summed E-state index contributed by atoms with van der Waals surface area (Å²) >= 11 is 3.32. The second kappa shape index (κ2) is 7.48. The summed E-state index contributed by atoms with van der Waals surface area (Å²) in [6.07, 6.45) is -0.549. The molecule has 0 bridgehead atoms. The van der Waals surface area contributed by atoms with E-state index in [0.717, 1.165) is 10.0 Å². The van der Waals surface area contributed by atoms with Crippen LogP contribution in [0.15, 0.2) is 22.7 Å². The number of carbonyl (C=O) groups is 1. The van der Waals surface area contributed by atoms with E-state index in [9.17, 15) is 9.90 Å². The highest BCUT2D eigenvalue weighted by Crippen LogP contribution is 2.18. The fourth-order valence-corrected chi connectivity index (χ4v) is 1.97. The molecule has 3 N–H and O–H groups in total. The van der Waals surface area contributed by atoms with Crippen molar-refractivity contribution in [2.24, 2.45) is 0 Å². The monoisotopic (exact) mass is 317 g/mol. The minimum atomic E-state index is -0.953. The molecule has 0 amide bonds. The average molecular weight is 318 g/mol. The Labute approximate surface area is 114 Å². The molecule has 100 valence electrons. The van der Waals surface area contributed by atoms with Crippen LogP contribution in [-0.2, 0) is 11.3 Å². The van der Waals surface area contributed by atoms with Crippen molar-refractivity contribution in [3.63, 3.8) is 0 Å². The van der Waals surface area contributed by atoms with Crippen LogP contribution in [0.3, 0.4) is 0 Å². The SMILES string of the molecule is COC[C@H](O)CNCc1ccc(C(=O)O)cc1Br. The van der Waals surface area contributed by atoms with Crippen LogP contribution in [0.2, 0.25) is 0 Å². The van der Waals surface area contributed by atoms with Gasteiger partial charge in [0.1, 0.15) is 0 Å². The van der Waals surface area contributed by atoms with Crippen molar-refractivity contribution in [2.75, 3.05) is 20.3 Å². The number of nitrogens with one attached hydrogen (secondary N) is 1. The van der Waals surface area contributed by atoms with Gasteiger partial charge in [0, 0.05) is 24.7 Å². The molecule has 18 heavy (non-hydrogen) atoms. The van der Waals surface area contributed by atoms with Gasteiger partial charge in [-0.1, -0.05) is 22.0 Å². The molecule has 0 unspecified atom stereocenters. The molecule has 1 aromatic rings. The highest BCUT2D eigenvalue weighted by atomic mass is 79.9. The van der Waals surface area contributed by atoms with E-state index in [1.165, 1.54) is 7.11 Å². The number of aliphatic hydroxyl groups excluding tert-OH is 1. The molecule has 0 aliphatic rings. The Bertz CT molecular complexity index is 411. The predicted octanol–water partition coefficient (Wildman–Crippen LogP) is 1.24. The first-order valence-electron chi connectivity index (χ1n) is 5.44. The average Bonchev–Trinajstić information content (AvgIpc) is 2.31. The fraction of sp³-hybridized carbons (Fsp3) is 0.417. The third-order valence-electron chi connectivity index (χ3n) is 2.35. The Hall–Kier alpha value is -0.950. The van der Waals surface area contributed by atoms with Gasteiger partial charge in [0.05, 0.1) is 18.3 Å². The van der Waals surface area contributed by atoms with E-state index in [-0.39, 0.29) is 12.2 Å². The quantitative estimate of drug-likeness (QED) is 0.705. The molecule has 0 fully saturated rings. The van der Waals surface area contributed by atoms with Gasteiger partial charge in [0.25, 0.3) is 0 Å². The second-order valence-electron chi connectivity index (χ2n) is 3.85. The number of halogens is 1. The van der Waals surface area contributed by atoms with Gasteiger partial charge in [-0.25, -0.2) is 4.79 Å². The van der Waals surface area contributed by atoms with E-state index in [1.807, 2.05) is 0 Å². The number of rotatable bonds is 7. The summed E-state index contributed by atoms with van der Waals surface area (Å²) in [5.41, 5.74) is 1.18. The molecule has 1 rings (SSSR count). The summed E-state index contributed by atoms with van der Waals surface area (Å²) in [4.78, 5) is 10.8. The van der Waals surface area contributed by atoms with Gasteiger partial charge in [-0.2, -0.15) is 0 Å². The summed E-state index contributed by atoms with van der Waals surface area (Å²) in [6.45, 7) is 1.24. The number of hydrogen-bond acceptors (Lipinski definition) is 4. The molecular weight excluding hydrogens is 302 g/mol. The van der Waals surface area contributed by atoms with Crippen LogP contribution < -0.4 is 5.32 Å². The summed E-state index contributed by atoms with van der Waals surface area (Å²) in [5.74, 6) is -0.953. The highest BCUT2D eigenvalue weighted by molar-refractivity contribution is 9.10. The summed E-state index contributed by atoms with van der Waals surface area (Å²) < 4.78 is 5.54. The number of carboxylic acids is 1. The minimum absolute atomic E-state index is 0.241. The molecule has 1 aromatic carbocycles. The first-order valence-corrected chi connectivity index (χ1v) is 6.23. The van der Waals surface area contributed by atoms with Crippen LogP contribution in [0, 0.1) is 0 Å². The molecule has 5 nitrogen and oxygen atoms in total. The fourth-order valence-electron chi connectivity index (χ4n) is 1.45. The molecule has 0 radical (unpaired) electrons. The van der Waals surface area contributed by atoms with Gasteiger partial charge in [-0.15, -0.1) is 0 Å². The number of carboxylic acid groups (broad SMARTS) is 1. The van der Waals surface area contributed by atoms with Crippen molar-refractivity contribution < 1.29 is 19.7 Å². The molecular formula is C12H16BrNO4. The smallest absolute Gasteiger partial charge is 0.335 e.